The molecule has 26 heavy (non-hydrogen) atoms. The fraction of sp³-hybridized carbons (Fsp3) is 0.176. The number of ether oxygens (including phenoxy) is 1. The number of rotatable bonds is 6. The summed E-state index contributed by atoms with van der Waals surface area (Å²) in [7, 11) is 0. The van der Waals surface area contributed by atoms with E-state index in [0.29, 0.717) is 4.47 Å². The fourth-order valence-corrected chi connectivity index (χ4v) is 2.35. The van der Waals surface area contributed by atoms with Crippen LogP contribution in [-0.4, -0.2) is 24.5 Å². The Balaban J connectivity index is 1.84. The standard InChI is InChI=1S/C17H14BrF3N2O3/c1-9(26-15-5-2-10(19)6-12(15)18)17(25)22-8-16(24)23-11-3-4-13(20)14(21)7-11/h2-7,9H,8H2,1H3,(H,22,25)(H,23,24). The average molecular weight is 431 g/mol. The highest BCUT2D eigenvalue weighted by Gasteiger charge is 2.17. The number of nitrogens with one attached hydrogen (secondary N) is 2. The van der Waals surface area contributed by atoms with E-state index < -0.39 is 41.9 Å². The van der Waals surface area contributed by atoms with Crippen LogP contribution in [-0.2, 0) is 9.59 Å². The molecule has 1 atom stereocenters. The Hall–Kier alpha value is -2.55. The second-order valence-electron chi connectivity index (χ2n) is 5.23. The Morgan fingerprint density at radius 2 is 1.85 bits per heavy atom. The molecule has 0 heterocycles. The highest BCUT2D eigenvalue weighted by molar-refractivity contribution is 9.10. The number of hydrogen-bond acceptors (Lipinski definition) is 3. The summed E-state index contributed by atoms with van der Waals surface area (Å²) in [6.07, 6.45) is -0.951. The van der Waals surface area contributed by atoms with Crippen LogP contribution in [0.5, 0.6) is 5.75 Å². The molecule has 9 heteroatoms. The van der Waals surface area contributed by atoms with Gasteiger partial charge in [-0.1, -0.05) is 0 Å². The lowest BCUT2D eigenvalue weighted by molar-refractivity contribution is -0.129. The Morgan fingerprint density at radius 1 is 1.12 bits per heavy atom. The maximum atomic E-state index is 13.1. The van der Waals surface area contributed by atoms with E-state index in [0.717, 1.165) is 12.1 Å². The van der Waals surface area contributed by atoms with E-state index in [2.05, 4.69) is 26.6 Å². The van der Waals surface area contributed by atoms with E-state index in [1.165, 1.54) is 31.2 Å². The van der Waals surface area contributed by atoms with Gasteiger partial charge in [-0.05, 0) is 53.2 Å². The van der Waals surface area contributed by atoms with Crippen molar-refractivity contribution in [2.24, 2.45) is 0 Å². The number of benzene rings is 2. The maximum Gasteiger partial charge on any atom is 0.261 e. The minimum absolute atomic E-state index is 0.0580. The van der Waals surface area contributed by atoms with Crippen molar-refractivity contribution in [2.75, 3.05) is 11.9 Å². The molecular formula is C17H14BrF3N2O3. The molecule has 2 amide bonds. The predicted octanol–water partition coefficient (Wildman–Crippen LogP) is 3.39. The molecule has 0 aromatic heterocycles. The van der Waals surface area contributed by atoms with Crippen molar-refractivity contribution in [1.82, 2.24) is 5.32 Å². The van der Waals surface area contributed by atoms with Crippen molar-refractivity contribution in [2.45, 2.75) is 13.0 Å². The summed E-state index contributed by atoms with van der Waals surface area (Å²) in [6, 6.07) is 6.62. The molecule has 2 N–H and O–H groups in total. The Kier molecular flexibility index (Phi) is 6.62. The van der Waals surface area contributed by atoms with Gasteiger partial charge in [-0.2, -0.15) is 0 Å². The van der Waals surface area contributed by atoms with Gasteiger partial charge in [0.2, 0.25) is 5.91 Å². The van der Waals surface area contributed by atoms with Crippen LogP contribution >= 0.6 is 15.9 Å². The number of hydrogen-bond donors (Lipinski definition) is 2. The molecule has 2 aromatic carbocycles. The number of amides is 2. The van der Waals surface area contributed by atoms with Crippen molar-refractivity contribution >= 4 is 33.4 Å². The van der Waals surface area contributed by atoms with Crippen LogP contribution in [0.4, 0.5) is 18.9 Å². The average Bonchev–Trinajstić information content (AvgIpc) is 2.58. The van der Waals surface area contributed by atoms with Crippen molar-refractivity contribution < 1.29 is 27.5 Å². The van der Waals surface area contributed by atoms with E-state index in [-0.39, 0.29) is 11.4 Å². The van der Waals surface area contributed by atoms with Crippen molar-refractivity contribution in [1.29, 1.82) is 0 Å². The van der Waals surface area contributed by atoms with Crippen LogP contribution in [0.15, 0.2) is 40.9 Å². The lowest BCUT2D eigenvalue weighted by Crippen LogP contribution is -2.40. The third-order valence-corrected chi connectivity index (χ3v) is 3.81. The molecule has 0 aliphatic carbocycles. The van der Waals surface area contributed by atoms with Gasteiger partial charge in [0.25, 0.3) is 5.91 Å². The third kappa shape index (κ3) is 5.48. The first kappa shape index (κ1) is 19.8. The summed E-state index contributed by atoms with van der Waals surface area (Å²) in [5, 5.41) is 4.67. The van der Waals surface area contributed by atoms with Gasteiger partial charge in [0.15, 0.2) is 17.7 Å². The zero-order valence-corrected chi connectivity index (χ0v) is 15.1. The van der Waals surface area contributed by atoms with Crippen LogP contribution < -0.4 is 15.4 Å². The van der Waals surface area contributed by atoms with Gasteiger partial charge in [-0.3, -0.25) is 9.59 Å². The van der Waals surface area contributed by atoms with Crippen molar-refractivity contribution in [3.8, 4) is 5.75 Å². The van der Waals surface area contributed by atoms with Crippen LogP contribution in [0.1, 0.15) is 6.92 Å². The molecule has 0 fully saturated rings. The van der Waals surface area contributed by atoms with Gasteiger partial charge in [0, 0.05) is 11.8 Å². The summed E-state index contributed by atoms with van der Waals surface area (Å²) < 4.78 is 44.7. The van der Waals surface area contributed by atoms with Gasteiger partial charge in [-0.25, -0.2) is 13.2 Å². The zero-order chi connectivity index (χ0) is 19.3. The maximum absolute atomic E-state index is 13.1. The van der Waals surface area contributed by atoms with Gasteiger partial charge in [0.05, 0.1) is 11.0 Å². The molecule has 0 spiro atoms. The number of carbonyl (C=O) groups excluding carboxylic acids is 2. The summed E-state index contributed by atoms with van der Waals surface area (Å²) >= 11 is 3.12. The molecule has 0 bridgehead atoms. The quantitative estimate of drug-likeness (QED) is 0.737. The van der Waals surface area contributed by atoms with Crippen LogP contribution in [0.25, 0.3) is 0 Å². The van der Waals surface area contributed by atoms with Crippen LogP contribution in [0.2, 0.25) is 0 Å². The SMILES string of the molecule is CC(Oc1ccc(F)cc1Br)C(=O)NCC(=O)Nc1ccc(F)c(F)c1. The van der Waals surface area contributed by atoms with Crippen molar-refractivity contribution in [3.05, 3.63) is 58.3 Å². The van der Waals surface area contributed by atoms with Crippen LogP contribution in [0.3, 0.4) is 0 Å². The molecule has 138 valence electrons. The number of carbonyl (C=O) groups is 2. The predicted molar refractivity (Wildman–Crippen MR) is 92.2 cm³/mol. The highest BCUT2D eigenvalue weighted by atomic mass is 79.9. The Labute approximate surface area is 155 Å². The molecule has 1 unspecified atom stereocenters. The first-order chi connectivity index (χ1) is 12.3. The largest absolute Gasteiger partial charge is 0.480 e. The van der Waals surface area contributed by atoms with Gasteiger partial charge < -0.3 is 15.4 Å². The second-order valence-corrected chi connectivity index (χ2v) is 6.08. The molecule has 2 rings (SSSR count). The monoisotopic (exact) mass is 430 g/mol. The lowest BCUT2D eigenvalue weighted by Gasteiger charge is -2.15. The van der Waals surface area contributed by atoms with Gasteiger partial charge in [0.1, 0.15) is 11.6 Å². The number of anilines is 1. The first-order valence-corrected chi connectivity index (χ1v) is 8.20. The third-order valence-electron chi connectivity index (χ3n) is 3.19. The highest BCUT2D eigenvalue weighted by Crippen LogP contribution is 2.26. The summed E-state index contributed by atoms with van der Waals surface area (Å²) in [5.41, 5.74) is 0.0580. The normalized spacial score (nSPS) is 11.6. The molecule has 5 nitrogen and oxygen atoms in total. The van der Waals surface area contributed by atoms with E-state index in [4.69, 9.17) is 4.74 Å². The fourth-order valence-electron chi connectivity index (χ4n) is 1.90. The minimum Gasteiger partial charge on any atom is -0.480 e. The smallest absolute Gasteiger partial charge is 0.261 e. The lowest BCUT2D eigenvalue weighted by atomic mass is 10.3. The Morgan fingerprint density at radius 3 is 2.50 bits per heavy atom. The van der Waals surface area contributed by atoms with Gasteiger partial charge >= 0.3 is 0 Å². The number of halogens is 4. The van der Waals surface area contributed by atoms with E-state index in [1.807, 2.05) is 0 Å². The van der Waals surface area contributed by atoms with Crippen molar-refractivity contribution in [3.63, 3.8) is 0 Å². The molecular weight excluding hydrogens is 417 g/mol. The molecule has 0 saturated carbocycles. The van der Waals surface area contributed by atoms with E-state index in [1.54, 1.807) is 0 Å². The minimum atomic E-state index is -1.10. The van der Waals surface area contributed by atoms with Crippen LogP contribution in [0, 0.1) is 17.5 Å². The van der Waals surface area contributed by atoms with E-state index in [9.17, 15) is 22.8 Å². The molecule has 0 radical (unpaired) electrons. The van der Waals surface area contributed by atoms with Gasteiger partial charge in [-0.15, -0.1) is 0 Å². The molecule has 0 saturated heterocycles. The molecule has 0 aliphatic heterocycles. The molecule has 2 aromatic rings. The van der Waals surface area contributed by atoms with E-state index >= 15 is 0 Å². The summed E-state index contributed by atoms with van der Waals surface area (Å²) in [4.78, 5) is 23.7. The Bertz CT molecular complexity index is 833. The summed E-state index contributed by atoms with van der Waals surface area (Å²) in [5.74, 6) is -3.54. The molecule has 0 aliphatic rings. The second kappa shape index (κ2) is 8.70. The summed E-state index contributed by atoms with van der Waals surface area (Å²) in [6.45, 7) is 1.06. The first-order valence-electron chi connectivity index (χ1n) is 7.40. The topological polar surface area (TPSA) is 67.4 Å². The zero-order valence-electron chi connectivity index (χ0n) is 13.5.